The van der Waals surface area contributed by atoms with Crippen LogP contribution in [0.25, 0.3) is 0 Å². The first-order chi connectivity index (χ1) is 8.74. The molecule has 0 saturated carbocycles. The number of methoxy groups -OCH3 is 2. The average Bonchev–Trinajstić information content (AvgIpc) is 2.43. The van der Waals surface area contributed by atoms with Gasteiger partial charge in [0.15, 0.2) is 0 Å². The van der Waals surface area contributed by atoms with Crippen molar-refractivity contribution in [2.24, 2.45) is 5.84 Å². The van der Waals surface area contributed by atoms with Crippen molar-refractivity contribution in [3.05, 3.63) is 23.8 Å². The van der Waals surface area contributed by atoms with Crippen molar-refractivity contribution >= 4 is 0 Å². The second-order valence-corrected chi connectivity index (χ2v) is 3.96. The number of nitrogens with two attached hydrogens (primary N) is 1. The van der Waals surface area contributed by atoms with Crippen LogP contribution in [0.4, 0.5) is 0 Å². The SMILES string of the molecule is C#CCCCC(NN)c1cc(OC)cc(OC)c1. The van der Waals surface area contributed by atoms with Crippen LogP contribution < -0.4 is 20.7 Å². The summed E-state index contributed by atoms with van der Waals surface area (Å²) >= 11 is 0. The second kappa shape index (κ2) is 7.59. The molecule has 4 nitrogen and oxygen atoms in total. The molecule has 1 unspecified atom stereocenters. The number of nitrogens with one attached hydrogen (secondary N) is 1. The molecule has 0 aromatic heterocycles. The third-order valence-electron chi connectivity index (χ3n) is 2.79. The van der Waals surface area contributed by atoms with Crippen LogP contribution in [0.3, 0.4) is 0 Å². The summed E-state index contributed by atoms with van der Waals surface area (Å²) in [7, 11) is 3.25. The molecule has 0 spiro atoms. The molecule has 0 fully saturated rings. The zero-order valence-electron chi connectivity index (χ0n) is 10.9. The van der Waals surface area contributed by atoms with E-state index in [9.17, 15) is 0 Å². The summed E-state index contributed by atoms with van der Waals surface area (Å²) in [6.45, 7) is 0. The third-order valence-corrected chi connectivity index (χ3v) is 2.79. The Labute approximate surface area is 108 Å². The number of benzene rings is 1. The fourth-order valence-electron chi connectivity index (χ4n) is 1.79. The van der Waals surface area contributed by atoms with Crippen molar-refractivity contribution in [2.75, 3.05) is 14.2 Å². The molecule has 0 aliphatic carbocycles. The lowest BCUT2D eigenvalue weighted by Gasteiger charge is -2.17. The van der Waals surface area contributed by atoms with E-state index in [0.717, 1.165) is 36.3 Å². The first kappa shape index (κ1) is 14.4. The molecule has 0 heterocycles. The summed E-state index contributed by atoms with van der Waals surface area (Å²) in [4.78, 5) is 0. The summed E-state index contributed by atoms with van der Waals surface area (Å²) in [6.07, 6.45) is 7.79. The number of ether oxygens (including phenoxy) is 2. The van der Waals surface area contributed by atoms with Crippen LogP contribution in [0.1, 0.15) is 30.9 Å². The molecule has 0 aliphatic heterocycles. The highest BCUT2D eigenvalue weighted by molar-refractivity contribution is 5.39. The minimum atomic E-state index is 0.0438. The molecule has 3 N–H and O–H groups in total. The topological polar surface area (TPSA) is 56.5 Å². The quantitative estimate of drug-likeness (QED) is 0.335. The summed E-state index contributed by atoms with van der Waals surface area (Å²) in [5.41, 5.74) is 3.83. The van der Waals surface area contributed by atoms with Crippen LogP contribution in [0, 0.1) is 12.3 Å². The standard InChI is InChI=1S/C14H20N2O2/c1-4-5-6-7-14(16-15)11-8-12(17-2)10-13(9-11)18-3/h1,8-10,14,16H,5-7,15H2,2-3H3. The van der Waals surface area contributed by atoms with Crippen LogP contribution in [0.5, 0.6) is 11.5 Å². The van der Waals surface area contributed by atoms with Crippen LogP contribution in [0.15, 0.2) is 18.2 Å². The monoisotopic (exact) mass is 248 g/mol. The lowest BCUT2D eigenvalue weighted by Crippen LogP contribution is -2.28. The first-order valence-electron chi connectivity index (χ1n) is 5.87. The number of hydrazine groups is 1. The maximum Gasteiger partial charge on any atom is 0.122 e. The minimum Gasteiger partial charge on any atom is -0.497 e. The van der Waals surface area contributed by atoms with E-state index < -0.39 is 0 Å². The predicted octanol–water partition coefficient (Wildman–Crippen LogP) is 2.01. The molecule has 0 radical (unpaired) electrons. The van der Waals surface area contributed by atoms with Gasteiger partial charge in [0.2, 0.25) is 0 Å². The van der Waals surface area contributed by atoms with E-state index in [0.29, 0.717) is 0 Å². The van der Waals surface area contributed by atoms with Gasteiger partial charge in [0.1, 0.15) is 11.5 Å². The van der Waals surface area contributed by atoms with Gasteiger partial charge in [0.05, 0.1) is 14.2 Å². The van der Waals surface area contributed by atoms with E-state index in [1.165, 1.54) is 0 Å². The van der Waals surface area contributed by atoms with Crippen molar-refractivity contribution < 1.29 is 9.47 Å². The number of terminal acetylenes is 1. The number of hydrogen-bond acceptors (Lipinski definition) is 4. The van der Waals surface area contributed by atoms with Crippen molar-refractivity contribution in [3.63, 3.8) is 0 Å². The molecule has 0 saturated heterocycles. The van der Waals surface area contributed by atoms with E-state index in [1.807, 2.05) is 18.2 Å². The number of hydrogen-bond donors (Lipinski definition) is 2. The van der Waals surface area contributed by atoms with Crippen LogP contribution in [-0.4, -0.2) is 14.2 Å². The fraction of sp³-hybridized carbons (Fsp3) is 0.429. The van der Waals surface area contributed by atoms with Gasteiger partial charge in [-0.05, 0) is 30.5 Å². The summed E-state index contributed by atoms with van der Waals surface area (Å²) < 4.78 is 10.5. The predicted molar refractivity (Wildman–Crippen MR) is 72.3 cm³/mol. The Balaban J connectivity index is 2.87. The molecule has 98 valence electrons. The Kier molecular flexibility index (Phi) is 6.06. The zero-order valence-corrected chi connectivity index (χ0v) is 10.9. The molecule has 1 aromatic rings. The van der Waals surface area contributed by atoms with Crippen LogP contribution in [-0.2, 0) is 0 Å². The lowest BCUT2D eigenvalue weighted by atomic mass is 10.0. The maximum absolute atomic E-state index is 5.59. The van der Waals surface area contributed by atoms with Crippen molar-refractivity contribution in [3.8, 4) is 23.8 Å². The summed E-state index contributed by atoms with van der Waals surface area (Å²) in [6, 6.07) is 5.77. The molecule has 0 bridgehead atoms. The summed E-state index contributed by atoms with van der Waals surface area (Å²) in [5.74, 6) is 9.72. The van der Waals surface area contributed by atoms with Gasteiger partial charge in [-0.3, -0.25) is 11.3 Å². The highest BCUT2D eigenvalue weighted by Gasteiger charge is 2.12. The Morgan fingerprint density at radius 2 is 1.89 bits per heavy atom. The molecule has 1 rings (SSSR count). The molecule has 1 atom stereocenters. The fourth-order valence-corrected chi connectivity index (χ4v) is 1.79. The van der Waals surface area contributed by atoms with Gasteiger partial charge >= 0.3 is 0 Å². The minimum absolute atomic E-state index is 0.0438. The molecular weight excluding hydrogens is 228 g/mol. The highest BCUT2D eigenvalue weighted by atomic mass is 16.5. The van der Waals surface area contributed by atoms with E-state index in [2.05, 4.69) is 11.3 Å². The Morgan fingerprint density at radius 1 is 1.28 bits per heavy atom. The van der Waals surface area contributed by atoms with Gasteiger partial charge in [-0.1, -0.05) is 0 Å². The number of rotatable bonds is 7. The first-order valence-corrected chi connectivity index (χ1v) is 5.87. The van der Waals surface area contributed by atoms with Gasteiger partial charge in [-0.2, -0.15) is 0 Å². The van der Waals surface area contributed by atoms with Crippen LogP contribution >= 0.6 is 0 Å². The zero-order chi connectivity index (χ0) is 13.4. The Bertz CT molecular complexity index is 390. The average molecular weight is 248 g/mol. The van der Waals surface area contributed by atoms with Gasteiger partial charge in [0, 0.05) is 18.5 Å². The van der Waals surface area contributed by atoms with Gasteiger partial charge in [-0.25, -0.2) is 0 Å². The molecular formula is C14H20N2O2. The molecule has 1 aromatic carbocycles. The molecule has 4 heteroatoms. The van der Waals surface area contributed by atoms with Crippen molar-refractivity contribution in [2.45, 2.75) is 25.3 Å². The van der Waals surface area contributed by atoms with E-state index in [-0.39, 0.29) is 6.04 Å². The van der Waals surface area contributed by atoms with E-state index in [1.54, 1.807) is 14.2 Å². The van der Waals surface area contributed by atoms with Crippen molar-refractivity contribution in [1.29, 1.82) is 0 Å². The van der Waals surface area contributed by atoms with Crippen molar-refractivity contribution in [1.82, 2.24) is 5.43 Å². The normalized spacial score (nSPS) is 11.7. The van der Waals surface area contributed by atoms with Gasteiger partial charge < -0.3 is 9.47 Å². The molecule has 0 aliphatic rings. The third kappa shape index (κ3) is 3.95. The second-order valence-electron chi connectivity index (χ2n) is 3.96. The number of unbranched alkanes of at least 4 members (excludes halogenated alkanes) is 1. The van der Waals surface area contributed by atoms with E-state index in [4.69, 9.17) is 21.7 Å². The Morgan fingerprint density at radius 3 is 2.33 bits per heavy atom. The summed E-state index contributed by atoms with van der Waals surface area (Å²) in [5, 5.41) is 0. The largest absolute Gasteiger partial charge is 0.497 e. The van der Waals surface area contributed by atoms with Crippen LogP contribution in [0.2, 0.25) is 0 Å². The van der Waals surface area contributed by atoms with Gasteiger partial charge in [0.25, 0.3) is 0 Å². The highest BCUT2D eigenvalue weighted by Crippen LogP contribution is 2.28. The maximum atomic E-state index is 5.59. The van der Waals surface area contributed by atoms with Gasteiger partial charge in [-0.15, -0.1) is 12.3 Å². The lowest BCUT2D eigenvalue weighted by molar-refractivity contribution is 0.390. The smallest absolute Gasteiger partial charge is 0.122 e. The molecule has 0 amide bonds. The Hall–Kier alpha value is -1.70. The van der Waals surface area contributed by atoms with E-state index >= 15 is 0 Å². The molecule has 18 heavy (non-hydrogen) atoms.